The summed E-state index contributed by atoms with van der Waals surface area (Å²) in [5.74, 6) is 0. The molecule has 0 amide bonds. The Morgan fingerprint density at radius 1 is 0.471 bits per heavy atom. The van der Waals surface area contributed by atoms with Gasteiger partial charge in [0.15, 0.2) is 10.9 Å². The summed E-state index contributed by atoms with van der Waals surface area (Å²) in [4.78, 5) is 25.7. The molecule has 7 nitrogen and oxygen atoms in total. The summed E-state index contributed by atoms with van der Waals surface area (Å²) in [5.41, 5.74) is 13.8. The number of allylic oxidation sites excluding steroid dienone is 1. The van der Waals surface area contributed by atoms with Crippen LogP contribution in [0.4, 0.5) is 5.69 Å². The van der Waals surface area contributed by atoms with Crippen molar-refractivity contribution in [1.82, 2.24) is 9.13 Å². The Labute approximate surface area is 294 Å². The van der Waals surface area contributed by atoms with Crippen molar-refractivity contribution in [2.45, 2.75) is 13.8 Å². The van der Waals surface area contributed by atoms with E-state index >= 15 is 0 Å². The van der Waals surface area contributed by atoms with Gasteiger partial charge < -0.3 is 14.9 Å². The van der Waals surface area contributed by atoms with Gasteiger partial charge in [-0.3, -0.25) is 20.4 Å². The molecule has 8 aromatic rings. The van der Waals surface area contributed by atoms with E-state index in [1.54, 1.807) is 6.08 Å². The van der Waals surface area contributed by atoms with Crippen LogP contribution < -0.4 is 16.6 Å². The van der Waals surface area contributed by atoms with Crippen molar-refractivity contribution < 1.29 is 0 Å². The number of rotatable bonds is 2. The standard InChI is InChI=1S/C23H15N3O.C19H14N2O.C2H6/c24-18-13-21(14-7-1-2-8-15(14)22(18)25)26-19-11-5-3-9-16(19)23(27)17-10-4-6-12-20(17)26;20-13-9-11-14(12-10-13)21-17-7-3-1-5-15(17)19(22)16-6-2-4-8-18(16)21;1-2/h1-13,24-25H;1-12H,20H2;1-2H3. The molecule has 0 unspecified atom stereocenters. The van der Waals surface area contributed by atoms with E-state index in [-0.39, 0.29) is 22.3 Å². The van der Waals surface area contributed by atoms with Gasteiger partial charge in [-0.05, 0) is 78.9 Å². The SMILES string of the molecule is CC.N=C1C=C(n2c3ccccc3c(=O)c3ccccc32)c2ccccc2C1=N.Nc1ccc(-n2c3ccccc3c(=O)c3ccccc32)cc1. The van der Waals surface area contributed by atoms with E-state index in [1.165, 1.54) is 0 Å². The van der Waals surface area contributed by atoms with Crippen LogP contribution in [0.2, 0.25) is 0 Å². The van der Waals surface area contributed by atoms with Gasteiger partial charge in [-0.15, -0.1) is 0 Å². The largest absolute Gasteiger partial charge is 0.399 e. The van der Waals surface area contributed by atoms with Crippen LogP contribution in [0.3, 0.4) is 0 Å². The van der Waals surface area contributed by atoms with Crippen LogP contribution in [0.25, 0.3) is 55.0 Å². The molecule has 0 radical (unpaired) electrons. The molecule has 2 heterocycles. The van der Waals surface area contributed by atoms with E-state index in [4.69, 9.17) is 16.6 Å². The molecule has 2 aromatic heterocycles. The first kappa shape index (κ1) is 32.7. The second kappa shape index (κ2) is 13.6. The quantitative estimate of drug-likeness (QED) is 0.126. The molecule has 51 heavy (non-hydrogen) atoms. The fraction of sp³-hybridized carbons (Fsp3) is 0.0455. The van der Waals surface area contributed by atoms with Crippen molar-refractivity contribution in [3.8, 4) is 5.69 Å². The van der Waals surface area contributed by atoms with Gasteiger partial charge >= 0.3 is 0 Å². The number of pyridine rings is 2. The lowest BCUT2D eigenvalue weighted by atomic mass is 9.91. The lowest BCUT2D eigenvalue weighted by Crippen LogP contribution is -2.21. The molecule has 7 heteroatoms. The molecule has 0 spiro atoms. The molecule has 0 aliphatic heterocycles. The van der Waals surface area contributed by atoms with E-state index in [2.05, 4.69) is 4.57 Å². The van der Waals surface area contributed by atoms with Crippen molar-refractivity contribution in [3.63, 3.8) is 0 Å². The average molecular weight is 666 g/mol. The normalized spacial score (nSPS) is 12.2. The van der Waals surface area contributed by atoms with E-state index < -0.39 is 0 Å². The van der Waals surface area contributed by atoms with E-state index in [1.807, 2.05) is 164 Å². The maximum absolute atomic E-state index is 13.0. The second-order valence-electron chi connectivity index (χ2n) is 11.9. The lowest BCUT2D eigenvalue weighted by molar-refractivity contribution is 1.16. The number of nitrogens with zero attached hydrogens (tertiary/aromatic N) is 2. The van der Waals surface area contributed by atoms with Crippen LogP contribution in [0.15, 0.2) is 161 Å². The van der Waals surface area contributed by atoms with Crippen LogP contribution >= 0.6 is 0 Å². The molecule has 248 valence electrons. The highest BCUT2D eigenvalue weighted by atomic mass is 16.1. The van der Waals surface area contributed by atoms with E-state index in [0.29, 0.717) is 10.8 Å². The number of nitrogens with one attached hydrogen (secondary N) is 2. The molecule has 1 aliphatic rings. The van der Waals surface area contributed by atoms with Gasteiger partial charge in [-0.25, -0.2) is 0 Å². The lowest BCUT2D eigenvalue weighted by Gasteiger charge is -2.24. The summed E-state index contributed by atoms with van der Waals surface area (Å²) >= 11 is 0. The highest BCUT2D eigenvalue weighted by Gasteiger charge is 2.23. The molecule has 0 fully saturated rings. The number of anilines is 1. The van der Waals surface area contributed by atoms with E-state index in [0.717, 1.165) is 61.0 Å². The number of nitrogen functional groups attached to an aromatic ring is 1. The maximum atomic E-state index is 13.0. The Morgan fingerprint density at radius 2 is 0.843 bits per heavy atom. The van der Waals surface area contributed by atoms with Crippen LogP contribution in [0.1, 0.15) is 25.0 Å². The molecule has 0 saturated heterocycles. The highest BCUT2D eigenvalue weighted by molar-refractivity contribution is 6.52. The summed E-state index contributed by atoms with van der Waals surface area (Å²) in [5, 5.41) is 19.3. The third-order valence-corrected chi connectivity index (χ3v) is 8.97. The molecule has 6 aromatic carbocycles. The average Bonchev–Trinajstić information content (AvgIpc) is 3.19. The zero-order valence-electron chi connectivity index (χ0n) is 28.2. The predicted molar refractivity (Wildman–Crippen MR) is 213 cm³/mol. The monoisotopic (exact) mass is 665 g/mol. The Balaban J connectivity index is 0.000000155. The topological polar surface area (TPSA) is 118 Å². The minimum Gasteiger partial charge on any atom is -0.399 e. The van der Waals surface area contributed by atoms with Gasteiger partial charge in [-0.2, -0.15) is 0 Å². The summed E-state index contributed by atoms with van der Waals surface area (Å²) in [6, 6.07) is 45.8. The maximum Gasteiger partial charge on any atom is 0.197 e. The zero-order valence-corrected chi connectivity index (χ0v) is 28.2. The molecule has 0 atom stereocenters. The minimum atomic E-state index is 0.00460. The number of hydrogen-bond donors (Lipinski definition) is 3. The van der Waals surface area contributed by atoms with Crippen molar-refractivity contribution in [1.29, 1.82) is 10.8 Å². The zero-order chi connectivity index (χ0) is 35.6. The van der Waals surface area contributed by atoms with Crippen LogP contribution in [-0.2, 0) is 0 Å². The molecule has 0 bridgehead atoms. The van der Waals surface area contributed by atoms with Gasteiger partial charge in [0.05, 0.1) is 39.2 Å². The molecule has 4 N–H and O–H groups in total. The second-order valence-corrected chi connectivity index (χ2v) is 11.9. The van der Waals surface area contributed by atoms with Gasteiger partial charge in [0.2, 0.25) is 0 Å². The van der Waals surface area contributed by atoms with Crippen molar-refractivity contribution in [3.05, 3.63) is 183 Å². The summed E-state index contributed by atoms with van der Waals surface area (Å²) in [6.45, 7) is 4.00. The fourth-order valence-electron chi connectivity index (χ4n) is 6.69. The first-order valence-corrected chi connectivity index (χ1v) is 16.8. The smallest absolute Gasteiger partial charge is 0.197 e. The number of aromatic nitrogens is 2. The Kier molecular flexibility index (Phi) is 8.69. The van der Waals surface area contributed by atoms with Gasteiger partial charge in [-0.1, -0.05) is 86.6 Å². The van der Waals surface area contributed by atoms with Crippen molar-refractivity contribution in [2.75, 3.05) is 5.73 Å². The molecule has 1 aliphatic carbocycles. The number of fused-ring (bicyclic) bond motifs is 5. The molecule has 0 saturated carbocycles. The third-order valence-electron chi connectivity index (χ3n) is 8.97. The van der Waals surface area contributed by atoms with Crippen LogP contribution in [-0.4, -0.2) is 20.6 Å². The Bertz CT molecular complexity index is 2690. The third kappa shape index (κ3) is 5.60. The van der Waals surface area contributed by atoms with Gasteiger partial charge in [0.25, 0.3) is 0 Å². The number of hydrogen-bond acceptors (Lipinski definition) is 5. The van der Waals surface area contributed by atoms with Crippen molar-refractivity contribution in [2.24, 2.45) is 0 Å². The number of benzene rings is 6. The summed E-state index contributed by atoms with van der Waals surface area (Å²) in [6.07, 6.45) is 1.72. The predicted octanol–water partition coefficient (Wildman–Crippen LogP) is 9.20. The van der Waals surface area contributed by atoms with Crippen molar-refractivity contribution >= 4 is 66.4 Å². The molecule has 9 rings (SSSR count). The highest BCUT2D eigenvalue weighted by Crippen LogP contribution is 2.32. The first-order chi connectivity index (χ1) is 24.9. The van der Waals surface area contributed by atoms with E-state index in [9.17, 15) is 9.59 Å². The van der Waals surface area contributed by atoms with Crippen LogP contribution in [0.5, 0.6) is 0 Å². The number of nitrogens with two attached hydrogens (primary N) is 1. The molecular weight excluding hydrogens is 631 g/mol. The van der Waals surface area contributed by atoms with Gasteiger partial charge in [0, 0.05) is 44.0 Å². The fourth-order valence-corrected chi connectivity index (χ4v) is 6.69. The summed E-state index contributed by atoms with van der Waals surface area (Å²) < 4.78 is 4.14. The Morgan fingerprint density at radius 3 is 1.29 bits per heavy atom. The van der Waals surface area contributed by atoms with Gasteiger partial charge in [0.1, 0.15) is 0 Å². The number of para-hydroxylation sites is 4. The minimum absolute atomic E-state index is 0.00460. The summed E-state index contributed by atoms with van der Waals surface area (Å²) in [7, 11) is 0. The molecular formula is C44H35N5O2. The Hall–Kier alpha value is -6.86. The van der Waals surface area contributed by atoms with Crippen LogP contribution in [0, 0.1) is 10.8 Å². The first-order valence-electron chi connectivity index (χ1n) is 16.8.